The van der Waals surface area contributed by atoms with Crippen LogP contribution in [0.2, 0.25) is 0 Å². The van der Waals surface area contributed by atoms with Crippen LogP contribution in [0.15, 0.2) is 48.8 Å². The first-order chi connectivity index (χ1) is 10.6. The molecule has 0 spiro atoms. The topological polar surface area (TPSA) is 86.9 Å². The molecule has 6 heteroatoms. The summed E-state index contributed by atoms with van der Waals surface area (Å²) in [6.07, 6.45) is 3.07. The minimum absolute atomic E-state index is 0.379. The first kappa shape index (κ1) is 13.8. The van der Waals surface area contributed by atoms with Gasteiger partial charge in [-0.1, -0.05) is 18.2 Å². The van der Waals surface area contributed by atoms with E-state index in [1.807, 2.05) is 31.2 Å². The van der Waals surface area contributed by atoms with Crippen LogP contribution in [0.1, 0.15) is 26.4 Å². The lowest BCUT2D eigenvalue weighted by Gasteiger charge is -2.06. The lowest BCUT2D eigenvalue weighted by molar-refractivity contribution is 0.0847. The Kier molecular flexibility index (Phi) is 3.57. The molecule has 3 N–H and O–H groups in total. The van der Waals surface area contributed by atoms with Gasteiger partial charge in [-0.2, -0.15) is 0 Å². The van der Waals surface area contributed by atoms with Gasteiger partial charge in [0.15, 0.2) is 0 Å². The number of hydrazine groups is 1. The van der Waals surface area contributed by atoms with Gasteiger partial charge in [0.25, 0.3) is 11.8 Å². The molecule has 2 aromatic heterocycles. The van der Waals surface area contributed by atoms with Crippen molar-refractivity contribution in [2.75, 3.05) is 0 Å². The number of amides is 2. The number of hydrogen-bond donors (Lipinski definition) is 3. The maximum Gasteiger partial charge on any atom is 0.271 e. The summed E-state index contributed by atoms with van der Waals surface area (Å²) in [7, 11) is 0. The third-order valence-electron chi connectivity index (χ3n) is 3.30. The average Bonchev–Trinajstić information content (AvgIpc) is 2.97. The molecule has 6 nitrogen and oxygen atoms in total. The first-order valence-electron chi connectivity index (χ1n) is 6.74. The van der Waals surface area contributed by atoms with E-state index < -0.39 is 5.91 Å². The van der Waals surface area contributed by atoms with Gasteiger partial charge < -0.3 is 4.98 Å². The molecule has 1 aromatic carbocycles. The van der Waals surface area contributed by atoms with Crippen LogP contribution in [0.3, 0.4) is 0 Å². The highest BCUT2D eigenvalue weighted by Gasteiger charge is 2.13. The van der Waals surface area contributed by atoms with Gasteiger partial charge in [-0.05, 0) is 25.1 Å². The highest BCUT2D eigenvalue weighted by atomic mass is 16.2. The molecule has 3 rings (SSSR count). The van der Waals surface area contributed by atoms with E-state index in [9.17, 15) is 9.59 Å². The maximum atomic E-state index is 12.1. The number of benzene rings is 1. The molecule has 0 saturated carbocycles. The van der Waals surface area contributed by atoms with Crippen molar-refractivity contribution in [3.63, 3.8) is 0 Å². The van der Waals surface area contributed by atoms with Crippen LogP contribution in [-0.4, -0.2) is 21.8 Å². The SMILES string of the molecule is Cc1ccc(C(=O)NNC(=O)c2c[nH]c3ccccc23)cn1. The molecule has 0 aliphatic rings. The largest absolute Gasteiger partial charge is 0.360 e. The third-order valence-corrected chi connectivity index (χ3v) is 3.30. The molecule has 0 radical (unpaired) electrons. The number of rotatable bonds is 2. The van der Waals surface area contributed by atoms with E-state index in [-0.39, 0.29) is 5.91 Å². The maximum absolute atomic E-state index is 12.1. The quantitative estimate of drug-likeness (QED) is 0.631. The molecule has 3 aromatic rings. The van der Waals surface area contributed by atoms with Crippen molar-refractivity contribution < 1.29 is 9.59 Å². The number of aromatic nitrogens is 2. The number of carbonyl (C=O) groups excluding carboxylic acids is 2. The van der Waals surface area contributed by atoms with E-state index in [1.165, 1.54) is 6.20 Å². The average molecular weight is 294 g/mol. The van der Waals surface area contributed by atoms with E-state index in [0.29, 0.717) is 11.1 Å². The second kappa shape index (κ2) is 5.69. The summed E-state index contributed by atoms with van der Waals surface area (Å²) in [5.74, 6) is -0.799. The van der Waals surface area contributed by atoms with Gasteiger partial charge >= 0.3 is 0 Å². The van der Waals surface area contributed by atoms with Crippen LogP contribution in [0.5, 0.6) is 0 Å². The predicted octanol–water partition coefficient (Wildman–Crippen LogP) is 1.95. The van der Waals surface area contributed by atoms with Crippen molar-refractivity contribution in [1.29, 1.82) is 0 Å². The number of para-hydroxylation sites is 1. The molecule has 0 aliphatic carbocycles. The van der Waals surface area contributed by atoms with Crippen LogP contribution >= 0.6 is 0 Å². The highest BCUT2D eigenvalue weighted by Crippen LogP contribution is 2.17. The fourth-order valence-corrected chi connectivity index (χ4v) is 2.11. The fourth-order valence-electron chi connectivity index (χ4n) is 2.11. The number of aryl methyl sites for hydroxylation is 1. The molecule has 0 fully saturated rings. The smallest absolute Gasteiger partial charge is 0.271 e. The number of fused-ring (bicyclic) bond motifs is 1. The Morgan fingerprint density at radius 1 is 1.05 bits per heavy atom. The number of nitrogens with zero attached hydrogens (tertiary/aromatic N) is 1. The van der Waals surface area contributed by atoms with Crippen molar-refractivity contribution >= 4 is 22.7 Å². The summed E-state index contributed by atoms with van der Waals surface area (Å²) in [5.41, 5.74) is 7.31. The van der Waals surface area contributed by atoms with Crippen molar-refractivity contribution in [3.8, 4) is 0 Å². The van der Waals surface area contributed by atoms with Crippen LogP contribution in [-0.2, 0) is 0 Å². The van der Waals surface area contributed by atoms with Crippen molar-refractivity contribution in [2.45, 2.75) is 6.92 Å². The summed E-state index contributed by atoms with van der Waals surface area (Å²) in [6.45, 7) is 1.83. The zero-order valence-corrected chi connectivity index (χ0v) is 11.9. The molecule has 0 saturated heterocycles. The molecule has 0 aliphatic heterocycles. The van der Waals surface area contributed by atoms with Gasteiger partial charge in [0.2, 0.25) is 0 Å². The van der Waals surface area contributed by atoms with Crippen molar-refractivity contribution in [2.24, 2.45) is 0 Å². The monoisotopic (exact) mass is 294 g/mol. The van der Waals surface area contributed by atoms with E-state index >= 15 is 0 Å². The van der Waals surface area contributed by atoms with E-state index in [1.54, 1.807) is 18.3 Å². The number of pyridine rings is 1. The molecule has 2 amide bonds. The number of H-pyrrole nitrogens is 1. The molecule has 0 unspecified atom stereocenters. The van der Waals surface area contributed by atoms with Crippen LogP contribution in [0, 0.1) is 6.92 Å². The summed E-state index contributed by atoms with van der Waals surface area (Å²) in [4.78, 5) is 31.1. The zero-order chi connectivity index (χ0) is 15.5. The van der Waals surface area contributed by atoms with E-state index in [2.05, 4.69) is 20.8 Å². The predicted molar refractivity (Wildman–Crippen MR) is 82.2 cm³/mol. The van der Waals surface area contributed by atoms with Crippen LogP contribution < -0.4 is 10.9 Å². The second-order valence-corrected chi connectivity index (χ2v) is 4.84. The molecular formula is C16H14N4O2. The summed E-state index contributed by atoms with van der Waals surface area (Å²) in [6, 6.07) is 10.8. The summed E-state index contributed by atoms with van der Waals surface area (Å²) in [5, 5.41) is 0.797. The highest BCUT2D eigenvalue weighted by molar-refractivity contribution is 6.07. The lowest BCUT2D eigenvalue weighted by atomic mass is 10.2. The Hall–Kier alpha value is -3.15. The number of carbonyl (C=O) groups is 2. The standard InChI is InChI=1S/C16H14N4O2/c1-10-6-7-11(8-17-10)15(21)19-20-16(22)13-9-18-14-5-3-2-4-12(13)14/h2-9,18H,1H3,(H,19,21)(H,20,22). The first-order valence-corrected chi connectivity index (χ1v) is 6.74. The fraction of sp³-hybridized carbons (Fsp3) is 0.0625. The molecule has 22 heavy (non-hydrogen) atoms. The lowest BCUT2D eigenvalue weighted by Crippen LogP contribution is -2.41. The Bertz CT molecular complexity index is 837. The van der Waals surface area contributed by atoms with E-state index in [4.69, 9.17) is 0 Å². The van der Waals surface area contributed by atoms with Crippen molar-refractivity contribution in [3.05, 3.63) is 65.6 Å². The minimum Gasteiger partial charge on any atom is -0.360 e. The summed E-state index contributed by atoms with van der Waals surface area (Å²) >= 11 is 0. The Balaban J connectivity index is 1.70. The van der Waals surface area contributed by atoms with Gasteiger partial charge in [-0.15, -0.1) is 0 Å². The summed E-state index contributed by atoms with van der Waals surface area (Å²) < 4.78 is 0. The van der Waals surface area contributed by atoms with Gasteiger partial charge in [0.1, 0.15) is 0 Å². The second-order valence-electron chi connectivity index (χ2n) is 4.84. The minimum atomic E-state index is -0.416. The van der Waals surface area contributed by atoms with Crippen LogP contribution in [0.25, 0.3) is 10.9 Å². The van der Waals surface area contributed by atoms with Gasteiger partial charge in [0, 0.05) is 29.0 Å². The van der Waals surface area contributed by atoms with Crippen LogP contribution in [0.4, 0.5) is 0 Å². The van der Waals surface area contributed by atoms with Gasteiger partial charge in [-0.3, -0.25) is 25.4 Å². The zero-order valence-electron chi connectivity index (χ0n) is 11.9. The molecule has 0 atom stereocenters. The number of hydrogen-bond acceptors (Lipinski definition) is 3. The number of nitrogens with one attached hydrogen (secondary N) is 3. The molecule has 2 heterocycles. The molecule has 110 valence electrons. The molecular weight excluding hydrogens is 280 g/mol. The molecule has 0 bridgehead atoms. The van der Waals surface area contributed by atoms with Gasteiger partial charge in [0.05, 0.1) is 11.1 Å². The van der Waals surface area contributed by atoms with E-state index in [0.717, 1.165) is 16.6 Å². The Morgan fingerprint density at radius 3 is 2.59 bits per heavy atom. The van der Waals surface area contributed by atoms with Gasteiger partial charge in [-0.25, -0.2) is 0 Å². The normalized spacial score (nSPS) is 10.4. The Labute approximate surface area is 126 Å². The Morgan fingerprint density at radius 2 is 1.82 bits per heavy atom. The third kappa shape index (κ3) is 2.67. The van der Waals surface area contributed by atoms with Crippen molar-refractivity contribution in [1.82, 2.24) is 20.8 Å². The number of aromatic amines is 1.